The number of nitrogens with one attached hydrogen (secondary N) is 1. The van der Waals surface area contributed by atoms with Crippen molar-refractivity contribution < 1.29 is 14.2 Å². The van der Waals surface area contributed by atoms with E-state index in [1.165, 1.54) is 12.8 Å². The van der Waals surface area contributed by atoms with Gasteiger partial charge in [0.1, 0.15) is 0 Å². The van der Waals surface area contributed by atoms with Crippen LogP contribution in [0.2, 0.25) is 0 Å². The molecule has 166 valence electrons. The number of nitrogens with zero attached hydrogens (tertiary/aromatic N) is 2. The normalized spacial score (nSPS) is 21.6. The van der Waals surface area contributed by atoms with Crippen molar-refractivity contribution in [3.05, 3.63) is 0 Å². The maximum absolute atomic E-state index is 6.12. The third kappa shape index (κ3) is 10.6. The second-order valence-corrected chi connectivity index (χ2v) is 8.04. The third-order valence-electron chi connectivity index (χ3n) is 5.20. The monoisotopic (exact) mass is 511 g/mol. The van der Waals surface area contributed by atoms with Crippen LogP contribution >= 0.6 is 24.0 Å². The number of piperidine rings is 1. The molecular weight excluding hydrogens is 469 g/mol. The fourth-order valence-electron chi connectivity index (χ4n) is 3.48. The van der Waals surface area contributed by atoms with Crippen LogP contribution in [0.25, 0.3) is 0 Å². The lowest BCUT2D eigenvalue weighted by molar-refractivity contribution is -0.0721. The minimum absolute atomic E-state index is 0. The Balaban J connectivity index is 0.00000392. The van der Waals surface area contributed by atoms with E-state index in [4.69, 9.17) is 19.2 Å². The highest BCUT2D eigenvalue weighted by atomic mass is 127. The zero-order valence-corrected chi connectivity index (χ0v) is 20.5. The SMILES string of the molecule is CCNC(=NCCOCCC(C)C)N1CCC(OCC2CCCCO2)CC1.I. The first-order chi connectivity index (χ1) is 13.2. The van der Waals surface area contributed by atoms with Gasteiger partial charge in [-0.2, -0.15) is 0 Å². The highest BCUT2D eigenvalue weighted by Crippen LogP contribution is 2.18. The Morgan fingerprint density at radius 3 is 2.61 bits per heavy atom. The van der Waals surface area contributed by atoms with Gasteiger partial charge in [0, 0.05) is 32.8 Å². The van der Waals surface area contributed by atoms with Gasteiger partial charge in [-0.1, -0.05) is 13.8 Å². The second kappa shape index (κ2) is 15.7. The minimum atomic E-state index is 0. The number of rotatable bonds is 10. The molecule has 0 aromatic heterocycles. The molecule has 2 saturated heterocycles. The van der Waals surface area contributed by atoms with Gasteiger partial charge in [0.25, 0.3) is 0 Å². The van der Waals surface area contributed by atoms with Gasteiger partial charge >= 0.3 is 0 Å². The average Bonchev–Trinajstić information content (AvgIpc) is 2.69. The van der Waals surface area contributed by atoms with E-state index < -0.39 is 0 Å². The number of likely N-dealkylation sites (tertiary alicyclic amines) is 1. The van der Waals surface area contributed by atoms with Crippen LogP contribution in [0.5, 0.6) is 0 Å². The van der Waals surface area contributed by atoms with Crippen LogP contribution < -0.4 is 5.32 Å². The number of halogens is 1. The number of guanidine groups is 1. The van der Waals surface area contributed by atoms with Gasteiger partial charge < -0.3 is 24.4 Å². The van der Waals surface area contributed by atoms with E-state index in [0.717, 1.165) is 77.6 Å². The van der Waals surface area contributed by atoms with Gasteiger partial charge in [-0.15, -0.1) is 24.0 Å². The molecule has 0 bridgehead atoms. The molecule has 0 aromatic carbocycles. The predicted octanol–water partition coefficient (Wildman–Crippen LogP) is 3.68. The lowest BCUT2D eigenvalue weighted by atomic mass is 10.1. The second-order valence-electron chi connectivity index (χ2n) is 8.04. The Kier molecular flexibility index (Phi) is 14.5. The summed E-state index contributed by atoms with van der Waals surface area (Å²) in [5.74, 6) is 1.71. The summed E-state index contributed by atoms with van der Waals surface area (Å²) in [7, 11) is 0. The molecule has 7 heteroatoms. The largest absolute Gasteiger partial charge is 0.380 e. The molecule has 2 aliphatic rings. The molecule has 28 heavy (non-hydrogen) atoms. The van der Waals surface area contributed by atoms with Crippen LogP contribution in [0.1, 0.15) is 59.3 Å². The first kappa shape index (κ1) is 25.9. The smallest absolute Gasteiger partial charge is 0.193 e. The van der Waals surface area contributed by atoms with E-state index in [1.54, 1.807) is 0 Å². The van der Waals surface area contributed by atoms with Crippen molar-refractivity contribution in [2.45, 2.75) is 71.5 Å². The summed E-state index contributed by atoms with van der Waals surface area (Å²) >= 11 is 0. The van der Waals surface area contributed by atoms with Crippen molar-refractivity contribution in [2.24, 2.45) is 10.9 Å². The maximum atomic E-state index is 6.12. The van der Waals surface area contributed by atoms with E-state index >= 15 is 0 Å². The molecule has 2 rings (SSSR count). The number of hydrogen-bond donors (Lipinski definition) is 1. The molecular formula is C21H42IN3O3. The Labute approximate surface area is 189 Å². The van der Waals surface area contributed by atoms with E-state index in [-0.39, 0.29) is 24.0 Å². The van der Waals surface area contributed by atoms with Gasteiger partial charge in [-0.25, -0.2) is 0 Å². The van der Waals surface area contributed by atoms with Crippen molar-refractivity contribution >= 4 is 29.9 Å². The summed E-state index contributed by atoms with van der Waals surface area (Å²) in [5.41, 5.74) is 0. The molecule has 0 amide bonds. The third-order valence-corrected chi connectivity index (χ3v) is 5.20. The molecule has 0 saturated carbocycles. The molecule has 2 aliphatic heterocycles. The zero-order chi connectivity index (χ0) is 19.3. The maximum Gasteiger partial charge on any atom is 0.193 e. The minimum Gasteiger partial charge on any atom is -0.380 e. The number of ether oxygens (including phenoxy) is 3. The van der Waals surface area contributed by atoms with Crippen molar-refractivity contribution in [3.8, 4) is 0 Å². The molecule has 2 heterocycles. The molecule has 1 N–H and O–H groups in total. The Morgan fingerprint density at radius 2 is 1.96 bits per heavy atom. The summed E-state index contributed by atoms with van der Waals surface area (Å²) in [6.07, 6.45) is 7.52. The first-order valence-electron chi connectivity index (χ1n) is 11.0. The van der Waals surface area contributed by atoms with Crippen LogP contribution in [0.15, 0.2) is 4.99 Å². The highest BCUT2D eigenvalue weighted by molar-refractivity contribution is 14.0. The van der Waals surface area contributed by atoms with Crippen LogP contribution in [0, 0.1) is 5.92 Å². The molecule has 1 unspecified atom stereocenters. The van der Waals surface area contributed by atoms with Crippen molar-refractivity contribution in [3.63, 3.8) is 0 Å². The first-order valence-corrected chi connectivity index (χ1v) is 11.0. The van der Waals surface area contributed by atoms with Crippen LogP contribution in [0.4, 0.5) is 0 Å². The van der Waals surface area contributed by atoms with E-state index in [1.807, 2.05) is 0 Å². The highest BCUT2D eigenvalue weighted by Gasteiger charge is 2.23. The van der Waals surface area contributed by atoms with Crippen LogP contribution in [-0.2, 0) is 14.2 Å². The van der Waals surface area contributed by atoms with E-state index in [9.17, 15) is 0 Å². The summed E-state index contributed by atoms with van der Waals surface area (Å²) in [5, 5.41) is 3.42. The van der Waals surface area contributed by atoms with Gasteiger partial charge in [0.2, 0.25) is 0 Å². The molecule has 0 radical (unpaired) electrons. The Hall–Kier alpha value is -0.120. The van der Waals surface area contributed by atoms with Gasteiger partial charge in [0.05, 0.1) is 32.0 Å². The molecule has 6 nitrogen and oxygen atoms in total. The van der Waals surface area contributed by atoms with E-state index in [0.29, 0.717) is 24.7 Å². The van der Waals surface area contributed by atoms with Crippen molar-refractivity contribution in [2.75, 3.05) is 52.6 Å². The summed E-state index contributed by atoms with van der Waals surface area (Å²) in [4.78, 5) is 7.10. The lowest BCUT2D eigenvalue weighted by Crippen LogP contribution is -2.47. The standard InChI is InChI=1S/C21H41N3O3.HI/c1-4-22-21(23-11-16-25-15-10-18(2)3)24-12-8-19(9-13-24)27-17-20-7-5-6-14-26-20;/h18-20H,4-17H2,1-3H3,(H,22,23);1H. The average molecular weight is 511 g/mol. The van der Waals surface area contributed by atoms with Gasteiger partial charge in [-0.3, -0.25) is 4.99 Å². The van der Waals surface area contributed by atoms with Gasteiger partial charge in [0.15, 0.2) is 5.96 Å². The number of hydrogen-bond acceptors (Lipinski definition) is 4. The van der Waals surface area contributed by atoms with Crippen LogP contribution in [-0.4, -0.2) is 75.7 Å². The Morgan fingerprint density at radius 1 is 1.18 bits per heavy atom. The fourth-order valence-corrected chi connectivity index (χ4v) is 3.48. The Bertz CT molecular complexity index is 410. The van der Waals surface area contributed by atoms with Crippen LogP contribution in [0.3, 0.4) is 0 Å². The van der Waals surface area contributed by atoms with Gasteiger partial charge in [-0.05, 0) is 51.4 Å². The number of aliphatic imine (C=N–C) groups is 1. The van der Waals surface area contributed by atoms with Crippen molar-refractivity contribution in [1.82, 2.24) is 10.2 Å². The zero-order valence-electron chi connectivity index (χ0n) is 18.2. The fraction of sp³-hybridized carbons (Fsp3) is 0.952. The quantitative estimate of drug-likeness (QED) is 0.210. The lowest BCUT2D eigenvalue weighted by Gasteiger charge is -2.35. The molecule has 1 atom stereocenters. The predicted molar refractivity (Wildman–Crippen MR) is 126 cm³/mol. The topological polar surface area (TPSA) is 55.3 Å². The van der Waals surface area contributed by atoms with Crippen molar-refractivity contribution in [1.29, 1.82) is 0 Å². The molecule has 0 aromatic rings. The summed E-state index contributed by atoms with van der Waals surface area (Å²) in [6.45, 7) is 13.3. The van der Waals surface area contributed by atoms with E-state index in [2.05, 4.69) is 31.0 Å². The molecule has 2 fully saturated rings. The molecule has 0 spiro atoms. The molecule has 0 aliphatic carbocycles. The summed E-state index contributed by atoms with van der Waals surface area (Å²) in [6, 6.07) is 0. The summed E-state index contributed by atoms with van der Waals surface area (Å²) < 4.78 is 17.6.